The van der Waals surface area contributed by atoms with Crippen molar-refractivity contribution in [3.8, 4) is 0 Å². The molecule has 0 aliphatic heterocycles. The van der Waals surface area contributed by atoms with Crippen molar-refractivity contribution in [2.24, 2.45) is 0 Å². The summed E-state index contributed by atoms with van der Waals surface area (Å²) in [7, 11) is 1.57. The highest BCUT2D eigenvalue weighted by Gasteiger charge is 2.29. The highest BCUT2D eigenvalue weighted by Crippen LogP contribution is 2.29. The van der Waals surface area contributed by atoms with Crippen molar-refractivity contribution < 1.29 is 18.0 Å². The van der Waals surface area contributed by atoms with E-state index in [0.29, 0.717) is 11.3 Å². The summed E-state index contributed by atoms with van der Waals surface area (Å²) in [6, 6.07) is 16.5. The lowest BCUT2D eigenvalue weighted by Gasteiger charge is -2.17. The molecule has 0 atom stereocenters. The van der Waals surface area contributed by atoms with Crippen LogP contribution >= 0.6 is 0 Å². The van der Waals surface area contributed by atoms with Gasteiger partial charge in [0, 0.05) is 18.9 Å². The molecule has 0 unspecified atom stereocenters. The van der Waals surface area contributed by atoms with Crippen molar-refractivity contribution in [2.45, 2.75) is 12.7 Å². The molecule has 3 aromatic rings. The Morgan fingerprint density at radius 2 is 1.61 bits per heavy atom. The van der Waals surface area contributed by atoms with Gasteiger partial charge in [-0.25, -0.2) is 0 Å². The minimum Gasteiger partial charge on any atom is -0.311 e. The smallest absolute Gasteiger partial charge is 0.311 e. The van der Waals surface area contributed by atoms with E-state index in [4.69, 9.17) is 0 Å². The van der Waals surface area contributed by atoms with Crippen LogP contribution in [0.15, 0.2) is 77.7 Å². The number of aromatic nitrogens is 1. The first-order valence-electron chi connectivity index (χ1n) is 8.46. The maximum Gasteiger partial charge on any atom is 0.416 e. The molecule has 0 spiro atoms. The van der Waals surface area contributed by atoms with Crippen molar-refractivity contribution in [3.63, 3.8) is 0 Å². The Balaban J connectivity index is 1.85. The number of amides is 1. The van der Waals surface area contributed by atoms with E-state index in [-0.39, 0.29) is 12.1 Å². The van der Waals surface area contributed by atoms with Crippen LogP contribution in [0.4, 0.5) is 18.9 Å². The Hall–Kier alpha value is -3.35. The normalized spacial score (nSPS) is 11.3. The van der Waals surface area contributed by atoms with Gasteiger partial charge in [0.1, 0.15) is 5.56 Å². The van der Waals surface area contributed by atoms with Gasteiger partial charge in [0.05, 0.1) is 12.1 Å². The van der Waals surface area contributed by atoms with E-state index in [1.54, 1.807) is 37.4 Å². The molecule has 0 saturated carbocycles. The highest BCUT2D eigenvalue weighted by atomic mass is 19.4. The van der Waals surface area contributed by atoms with E-state index in [1.807, 2.05) is 6.07 Å². The molecule has 0 N–H and O–H groups in total. The van der Waals surface area contributed by atoms with Gasteiger partial charge < -0.3 is 9.47 Å². The SMILES string of the molecule is CN(C(=O)c1cccn(Cc2ccc(C(F)(F)F)cc2)c1=O)c1ccccc1. The Kier molecular flexibility index (Phi) is 5.35. The molecule has 0 aliphatic rings. The number of carbonyl (C=O) groups excluding carboxylic acids is 1. The second-order valence-electron chi connectivity index (χ2n) is 6.25. The molecule has 144 valence electrons. The number of alkyl halides is 3. The largest absolute Gasteiger partial charge is 0.416 e. The molecular formula is C21H17F3N2O2. The number of carbonyl (C=O) groups is 1. The fourth-order valence-electron chi connectivity index (χ4n) is 2.77. The number of benzene rings is 2. The van der Waals surface area contributed by atoms with Crippen molar-refractivity contribution in [1.29, 1.82) is 0 Å². The van der Waals surface area contributed by atoms with Gasteiger partial charge in [0.25, 0.3) is 11.5 Å². The third-order valence-electron chi connectivity index (χ3n) is 4.33. The first kappa shape index (κ1) is 19.4. The quantitative estimate of drug-likeness (QED) is 0.675. The number of pyridine rings is 1. The molecular weight excluding hydrogens is 369 g/mol. The monoisotopic (exact) mass is 386 g/mol. The van der Waals surface area contributed by atoms with Gasteiger partial charge in [0.2, 0.25) is 0 Å². The second kappa shape index (κ2) is 7.72. The molecule has 3 rings (SSSR count). The fourth-order valence-corrected chi connectivity index (χ4v) is 2.77. The van der Waals surface area contributed by atoms with Crippen LogP contribution in [0.3, 0.4) is 0 Å². The average molecular weight is 386 g/mol. The summed E-state index contributed by atoms with van der Waals surface area (Å²) in [5.74, 6) is -0.460. The van der Waals surface area contributed by atoms with Crippen LogP contribution in [0.1, 0.15) is 21.5 Å². The number of nitrogens with zero attached hydrogens (tertiary/aromatic N) is 2. The van der Waals surface area contributed by atoms with Gasteiger partial charge in [-0.2, -0.15) is 13.2 Å². The third kappa shape index (κ3) is 4.14. The predicted octanol–water partition coefficient (Wildman–Crippen LogP) is 4.19. The van der Waals surface area contributed by atoms with E-state index in [2.05, 4.69) is 0 Å². The van der Waals surface area contributed by atoms with Crippen LogP contribution in [0, 0.1) is 0 Å². The summed E-state index contributed by atoms with van der Waals surface area (Å²) in [5.41, 5.74) is -0.103. The molecule has 0 radical (unpaired) electrons. The summed E-state index contributed by atoms with van der Waals surface area (Å²) < 4.78 is 39.3. The van der Waals surface area contributed by atoms with Gasteiger partial charge in [-0.3, -0.25) is 9.59 Å². The molecule has 1 amide bonds. The first-order valence-corrected chi connectivity index (χ1v) is 8.46. The Labute approximate surface area is 159 Å². The molecule has 28 heavy (non-hydrogen) atoms. The van der Waals surface area contributed by atoms with E-state index in [9.17, 15) is 22.8 Å². The predicted molar refractivity (Wildman–Crippen MR) is 100 cm³/mol. The number of rotatable bonds is 4. The van der Waals surface area contributed by atoms with Gasteiger partial charge in [-0.15, -0.1) is 0 Å². The minimum absolute atomic E-state index is 0.0132. The van der Waals surface area contributed by atoms with Gasteiger partial charge in [0.15, 0.2) is 0 Å². The molecule has 0 bridgehead atoms. The van der Waals surface area contributed by atoms with E-state index in [1.165, 1.54) is 33.9 Å². The molecule has 0 aliphatic carbocycles. The zero-order chi connectivity index (χ0) is 20.3. The molecule has 1 heterocycles. The molecule has 2 aromatic carbocycles. The van der Waals surface area contributed by atoms with Crippen LogP contribution in [-0.4, -0.2) is 17.5 Å². The number of hydrogen-bond acceptors (Lipinski definition) is 2. The number of hydrogen-bond donors (Lipinski definition) is 0. The van der Waals surface area contributed by atoms with Crippen molar-refractivity contribution >= 4 is 11.6 Å². The number of anilines is 1. The highest BCUT2D eigenvalue weighted by molar-refractivity contribution is 6.05. The standard InChI is InChI=1S/C21H17F3N2O2/c1-25(17-6-3-2-4-7-17)19(27)18-8-5-13-26(20(18)28)14-15-9-11-16(12-10-15)21(22,23)24/h2-13H,14H2,1H3. The topological polar surface area (TPSA) is 42.3 Å². The maximum absolute atomic E-state index is 12.7. The van der Waals surface area contributed by atoms with Gasteiger partial charge >= 0.3 is 6.18 Å². The van der Waals surface area contributed by atoms with Gasteiger partial charge in [-0.1, -0.05) is 30.3 Å². The Morgan fingerprint density at radius 3 is 2.21 bits per heavy atom. The maximum atomic E-state index is 12.7. The Morgan fingerprint density at radius 1 is 0.964 bits per heavy atom. The number of halogens is 3. The number of para-hydroxylation sites is 1. The van der Waals surface area contributed by atoms with Gasteiger partial charge in [-0.05, 0) is 42.0 Å². The van der Waals surface area contributed by atoms with Crippen LogP contribution in [0.2, 0.25) is 0 Å². The molecule has 0 saturated heterocycles. The molecule has 4 nitrogen and oxygen atoms in total. The van der Waals surface area contributed by atoms with E-state index in [0.717, 1.165) is 12.1 Å². The second-order valence-corrected chi connectivity index (χ2v) is 6.25. The lowest BCUT2D eigenvalue weighted by Crippen LogP contribution is -2.34. The summed E-state index contributed by atoms with van der Waals surface area (Å²) in [5, 5.41) is 0. The van der Waals surface area contributed by atoms with Crippen LogP contribution in [0.25, 0.3) is 0 Å². The lowest BCUT2D eigenvalue weighted by molar-refractivity contribution is -0.137. The minimum atomic E-state index is -4.41. The van der Waals surface area contributed by atoms with Crippen molar-refractivity contribution in [3.05, 3.63) is 100.0 Å². The van der Waals surface area contributed by atoms with Crippen molar-refractivity contribution in [2.75, 3.05) is 11.9 Å². The average Bonchev–Trinajstić information content (AvgIpc) is 2.69. The summed E-state index contributed by atoms with van der Waals surface area (Å²) in [6.07, 6.45) is -2.91. The van der Waals surface area contributed by atoms with Crippen molar-refractivity contribution in [1.82, 2.24) is 4.57 Å². The van der Waals surface area contributed by atoms with E-state index < -0.39 is 23.2 Å². The molecule has 7 heteroatoms. The molecule has 0 fully saturated rings. The zero-order valence-corrected chi connectivity index (χ0v) is 15.0. The van der Waals surface area contributed by atoms with Crippen LogP contribution in [0.5, 0.6) is 0 Å². The fraction of sp³-hybridized carbons (Fsp3) is 0.143. The first-order chi connectivity index (χ1) is 13.3. The third-order valence-corrected chi connectivity index (χ3v) is 4.33. The zero-order valence-electron chi connectivity index (χ0n) is 15.0. The lowest BCUT2D eigenvalue weighted by atomic mass is 10.1. The summed E-state index contributed by atoms with van der Waals surface area (Å²) >= 11 is 0. The molecule has 1 aromatic heterocycles. The summed E-state index contributed by atoms with van der Waals surface area (Å²) in [6.45, 7) is 0.0626. The Bertz CT molecular complexity index is 1030. The van der Waals surface area contributed by atoms with Crippen LogP contribution in [-0.2, 0) is 12.7 Å². The van der Waals surface area contributed by atoms with E-state index >= 15 is 0 Å². The van der Waals surface area contributed by atoms with Crippen LogP contribution < -0.4 is 10.5 Å². The summed E-state index contributed by atoms with van der Waals surface area (Å²) in [4.78, 5) is 26.8.